The molecule has 2 heteroatoms. The van der Waals surface area contributed by atoms with Gasteiger partial charge in [0.15, 0.2) is 0 Å². The van der Waals surface area contributed by atoms with E-state index in [1.165, 1.54) is 87.0 Å². The molecule has 0 amide bonds. The van der Waals surface area contributed by atoms with Gasteiger partial charge < -0.3 is 9.32 Å². The number of hydrogen-bond acceptors (Lipinski definition) is 2. The molecule has 1 aromatic heterocycles. The lowest BCUT2D eigenvalue weighted by Crippen LogP contribution is -2.31. The molecule has 0 radical (unpaired) electrons. The molecule has 2 nitrogen and oxygen atoms in total. The second kappa shape index (κ2) is 11.9. The molecule has 9 aromatic rings. The quantitative estimate of drug-likeness (QED) is 0.176. The van der Waals surface area contributed by atoms with Crippen LogP contribution in [0.3, 0.4) is 0 Å². The summed E-state index contributed by atoms with van der Waals surface area (Å²) in [6.45, 7) is 0. The Balaban J connectivity index is 1.26. The molecule has 3 aliphatic carbocycles. The van der Waals surface area contributed by atoms with Crippen molar-refractivity contribution in [3.05, 3.63) is 221 Å². The molecule has 0 bridgehead atoms. The van der Waals surface area contributed by atoms with Crippen LogP contribution in [0.1, 0.15) is 59.1 Å². The molecule has 0 aliphatic heterocycles. The summed E-state index contributed by atoms with van der Waals surface area (Å²) in [6, 6.07) is 69.9. The summed E-state index contributed by atoms with van der Waals surface area (Å²) in [7, 11) is 0. The largest absolute Gasteiger partial charge is 0.456 e. The van der Waals surface area contributed by atoms with Gasteiger partial charge in [-0.25, -0.2) is 0 Å². The second-order valence-corrected chi connectivity index (χ2v) is 15.9. The van der Waals surface area contributed by atoms with Gasteiger partial charge in [0.05, 0.1) is 16.8 Å². The Bertz CT molecular complexity index is 2940. The van der Waals surface area contributed by atoms with Gasteiger partial charge in [-0.15, -0.1) is 0 Å². The molecule has 266 valence electrons. The second-order valence-electron chi connectivity index (χ2n) is 15.9. The van der Waals surface area contributed by atoms with Crippen LogP contribution in [0, 0.1) is 0 Å². The van der Waals surface area contributed by atoms with Gasteiger partial charge in [0.2, 0.25) is 0 Å². The molecule has 56 heavy (non-hydrogen) atoms. The van der Waals surface area contributed by atoms with E-state index in [9.17, 15) is 0 Å². The van der Waals surface area contributed by atoms with Crippen LogP contribution in [0.4, 0.5) is 17.1 Å². The van der Waals surface area contributed by atoms with Crippen molar-refractivity contribution in [1.82, 2.24) is 0 Å². The third-order valence-corrected chi connectivity index (χ3v) is 13.3. The summed E-state index contributed by atoms with van der Waals surface area (Å²) >= 11 is 0. The fraction of sp³-hybridized carbons (Fsp3) is 0.111. The molecule has 1 fully saturated rings. The molecule has 0 N–H and O–H groups in total. The van der Waals surface area contributed by atoms with Crippen LogP contribution in [-0.2, 0) is 10.8 Å². The molecule has 0 unspecified atom stereocenters. The van der Waals surface area contributed by atoms with E-state index in [1.54, 1.807) is 0 Å². The van der Waals surface area contributed by atoms with Crippen LogP contribution in [0.15, 0.2) is 192 Å². The molecule has 1 spiro atoms. The smallest absolute Gasteiger partial charge is 0.135 e. The number of fused-ring (bicyclic) bond motifs is 11. The Morgan fingerprint density at radius 1 is 0.411 bits per heavy atom. The molecule has 12 rings (SSSR count). The van der Waals surface area contributed by atoms with Crippen LogP contribution < -0.4 is 4.90 Å². The van der Waals surface area contributed by atoms with Gasteiger partial charge in [0, 0.05) is 27.4 Å². The standard InChI is InChI=1S/C54H39NO/c1-3-18-36(19-4-1)54(44-27-12-7-22-38(44)39-23-8-13-28-45(39)54)47-35-51-42(40-24-10-14-31-50(40)56-51)34-49(47)55(37-20-5-2-6-21-37)48-30-17-29-46-52(48)41-25-9-11-26-43(41)53(46)32-15-16-33-53/h1-14,17-31,34-35H,15-16,32-33H2. The van der Waals surface area contributed by atoms with Gasteiger partial charge in [-0.05, 0) is 99.3 Å². The van der Waals surface area contributed by atoms with E-state index in [4.69, 9.17) is 4.42 Å². The van der Waals surface area contributed by atoms with E-state index in [0.717, 1.165) is 33.3 Å². The highest BCUT2D eigenvalue weighted by Gasteiger charge is 2.49. The third-order valence-electron chi connectivity index (χ3n) is 13.3. The van der Waals surface area contributed by atoms with Gasteiger partial charge in [-0.2, -0.15) is 0 Å². The lowest BCUT2D eigenvalue weighted by atomic mass is 9.67. The van der Waals surface area contributed by atoms with Crippen LogP contribution in [0.25, 0.3) is 44.2 Å². The maximum atomic E-state index is 6.82. The number of nitrogens with zero attached hydrogens (tertiary/aromatic N) is 1. The summed E-state index contributed by atoms with van der Waals surface area (Å²) in [6.07, 6.45) is 4.89. The predicted molar refractivity (Wildman–Crippen MR) is 230 cm³/mol. The van der Waals surface area contributed by atoms with E-state index >= 15 is 0 Å². The van der Waals surface area contributed by atoms with Crippen molar-refractivity contribution in [2.24, 2.45) is 0 Å². The normalized spacial score (nSPS) is 15.5. The van der Waals surface area contributed by atoms with E-state index in [2.05, 4.69) is 193 Å². The predicted octanol–water partition coefficient (Wildman–Crippen LogP) is 14.3. The lowest BCUT2D eigenvalue weighted by Gasteiger charge is -2.39. The molecule has 8 aromatic carbocycles. The number of hydrogen-bond donors (Lipinski definition) is 0. The van der Waals surface area contributed by atoms with Crippen molar-refractivity contribution in [2.75, 3.05) is 4.90 Å². The lowest BCUT2D eigenvalue weighted by molar-refractivity contribution is 0.550. The summed E-state index contributed by atoms with van der Waals surface area (Å²) in [5.41, 5.74) is 17.9. The number of para-hydroxylation sites is 2. The molecular weight excluding hydrogens is 679 g/mol. The first-order valence-corrected chi connectivity index (χ1v) is 20.1. The van der Waals surface area contributed by atoms with Crippen LogP contribution >= 0.6 is 0 Å². The Labute approximate surface area is 327 Å². The average Bonchev–Trinajstić information content (AvgIpc) is 4.04. The molecule has 3 aliphatic rings. The zero-order valence-electron chi connectivity index (χ0n) is 31.1. The fourth-order valence-corrected chi connectivity index (χ4v) is 11.1. The SMILES string of the molecule is c1ccc(N(c2cc3c(cc2C2(c4ccccc4)c4ccccc4-c4ccccc42)oc2ccccc23)c2cccc3c2-c2ccccc2C32CCCC2)cc1. The Hall–Kier alpha value is -6.64. The van der Waals surface area contributed by atoms with Gasteiger partial charge in [0.1, 0.15) is 11.2 Å². The Morgan fingerprint density at radius 2 is 1.00 bits per heavy atom. The molecule has 1 heterocycles. The fourth-order valence-electron chi connectivity index (χ4n) is 11.1. The maximum Gasteiger partial charge on any atom is 0.135 e. The van der Waals surface area contributed by atoms with Crippen molar-refractivity contribution in [1.29, 1.82) is 0 Å². The van der Waals surface area contributed by atoms with Crippen LogP contribution in [0.2, 0.25) is 0 Å². The average molecular weight is 718 g/mol. The van der Waals surface area contributed by atoms with E-state index < -0.39 is 5.41 Å². The van der Waals surface area contributed by atoms with Gasteiger partial charge in [0.25, 0.3) is 0 Å². The van der Waals surface area contributed by atoms with E-state index in [1.807, 2.05) is 0 Å². The van der Waals surface area contributed by atoms with Crippen molar-refractivity contribution >= 4 is 39.0 Å². The van der Waals surface area contributed by atoms with Crippen LogP contribution in [0.5, 0.6) is 0 Å². The minimum absolute atomic E-state index is 0.0480. The van der Waals surface area contributed by atoms with Gasteiger partial charge in [-0.3, -0.25) is 0 Å². The number of benzene rings is 8. The monoisotopic (exact) mass is 717 g/mol. The highest BCUT2D eigenvalue weighted by molar-refractivity contribution is 6.08. The topological polar surface area (TPSA) is 16.4 Å². The summed E-state index contributed by atoms with van der Waals surface area (Å²) < 4.78 is 6.82. The van der Waals surface area contributed by atoms with E-state index in [-0.39, 0.29) is 5.41 Å². The minimum Gasteiger partial charge on any atom is -0.456 e. The molecule has 0 atom stereocenters. The van der Waals surface area contributed by atoms with E-state index in [0.29, 0.717) is 0 Å². The first kappa shape index (κ1) is 31.7. The Morgan fingerprint density at radius 3 is 1.73 bits per heavy atom. The Kier molecular flexibility index (Phi) is 6.75. The number of rotatable bonds is 5. The minimum atomic E-state index is -0.646. The summed E-state index contributed by atoms with van der Waals surface area (Å²) in [5, 5.41) is 2.24. The number of furan rings is 1. The highest BCUT2D eigenvalue weighted by Crippen LogP contribution is 2.63. The van der Waals surface area contributed by atoms with Crippen LogP contribution in [-0.4, -0.2) is 0 Å². The van der Waals surface area contributed by atoms with Crippen molar-refractivity contribution < 1.29 is 4.42 Å². The first-order chi connectivity index (χ1) is 27.8. The summed E-state index contributed by atoms with van der Waals surface area (Å²) in [4.78, 5) is 2.58. The maximum absolute atomic E-state index is 6.82. The van der Waals surface area contributed by atoms with Gasteiger partial charge in [-0.1, -0.05) is 165 Å². The highest BCUT2D eigenvalue weighted by atomic mass is 16.3. The van der Waals surface area contributed by atoms with Crippen molar-refractivity contribution in [2.45, 2.75) is 36.5 Å². The van der Waals surface area contributed by atoms with Gasteiger partial charge >= 0.3 is 0 Å². The van der Waals surface area contributed by atoms with Crippen molar-refractivity contribution in [3.63, 3.8) is 0 Å². The summed E-state index contributed by atoms with van der Waals surface area (Å²) in [5.74, 6) is 0. The third kappa shape index (κ3) is 4.16. The first-order valence-electron chi connectivity index (χ1n) is 20.1. The molecule has 1 saturated carbocycles. The molecule has 0 saturated heterocycles. The molecular formula is C54H39NO. The van der Waals surface area contributed by atoms with Crippen molar-refractivity contribution in [3.8, 4) is 22.3 Å². The zero-order valence-corrected chi connectivity index (χ0v) is 31.1. The zero-order chi connectivity index (χ0) is 36.8. The number of anilines is 3.